The number of carbonyl (C=O) groups excluding carboxylic acids is 1. The number of nitrogens with one attached hydrogen (secondary N) is 3. The number of sulfonamides is 1. The van der Waals surface area contributed by atoms with Gasteiger partial charge in [0.25, 0.3) is 0 Å². The molecule has 1 aromatic rings. The van der Waals surface area contributed by atoms with Crippen molar-refractivity contribution < 1.29 is 22.7 Å². The topological polar surface area (TPSA) is 106 Å². The van der Waals surface area contributed by atoms with Crippen LogP contribution in [0, 0.1) is 5.92 Å². The maximum atomic E-state index is 12.6. The number of halogens is 1. The SMILES string of the molecule is CC(NS(=O)(=O)c1ccc2c(c1)OCCCO2)C(=O)NCCC1CCNC1.Cl. The van der Waals surface area contributed by atoms with E-state index in [4.69, 9.17) is 9.47 Å². The van der Waals surface area contributed by atoms with Gasteiger partial charge in [-0.15, -0.1) is 12.4 Å². The van der Waals surface area contributed by atoms with Crippen LogP contribution in [0.3, 0.4) is 0 Å². The van der Waals surface area contributed by atoms with E-state index in [2.05, 4.69) is 15.4 Å². The van der Waals surface area contributed by atoms with Gasteiger partial charge in [-0.05, 0) is 50.9 Å². The van der Waals surface area contributed by atoms with Gasteiger partial charge in [-0.3, -0.25) is 4.79 Å². The van der Waals surface area contributed by atoms with Gasteiger partial charge in [-0.2, -0.15) is 4.72 Å². The molecular formula is C18H28ClN3O5S. The zero-order valence-electron chi connectivity index (χ0n) is 15.9. The third kappa shape index (κ3) is 5.97. The van der Waals surface area contributed by atoms with Crippen molar-refractivity contribution in [2.45, 2.75) is 37.1 Å². The van der Waals surface area contributed by atoms with Gasteiger partial charge < -0.3 is 20.1 Å². The molecule has 1 amide bonds. The lowest BCUT2D eigenvalue weighted by Crippen LogP contribution is -2.45. The highest BCUT2D eigenvalue weighted by atomic mass is 35.5. The highest BCUT2D eigenvalue weighted by molar-refractivity contribution is 7.89. The molecule has 2 unspecified atom stereocenters. The fraction of sp³-hybridized carbons (Fsp3) is 0.611. The van der Waals surface area contributed by atoms with Crippen LogP contribution in [-0.4, -0.2) is 53.2 Å². The Morgan fingerprint density at radius 3 is 2.75 bits per heavy atom. The molecule has 3 N–H and O–H groups in total. The number of ether oxygens (including phenoxy) is 2. The Kier molecular flexibility index (Phi) is 8.36. The first-order valence-electron chi connectivity index (χ1n) is 9.36. The largest absolute Gasteiger partial charge is 0.490 e. The Morgan fingerprint density at radius 1 is 1.29 bits per heavy atom. The van der Waals surface area contributed by atoms with Crippen molar-refractivity contribution in [3.8, 4) is 11.5 Å². The molecule has 2 atom stereocenters. The van der Waals surface area contributed by atoms with Crippen LogP contribution in [0.15, 0.2) is 23.1 Å². The first kappa shape index (κ1) is 22.7. The molecule has 0 aromatic heterocycles. The van der Waals surface area contributed by atoms with Gasteiger partial charge in [-0.1, -0.05) is 0 Å². The molecule has 8 nitrogen and oxygen atoms in total. The lowest BCUT2D eigenvalue weighted by molar-refractivity contribution is -0.122. The third-order valence-corrected chi connectivity index (χ3v) is 6.31. The Morgan fingerprint density at radius 2 is 2.04 bits per heavy atom. The van der Waals surface area contributed by atoms with Gasteiger partial charge in [0.15, 0.2) is 11.5 Å². The standard InChI is InChI=1S/C18H27N3O5S.ClH/c1-13(18(22)20-8-6-14-5-7-19-12-14)21-27(23,24)15-3-4-16-17(11-15)26-10-2-9-25-16;/h3-4,11,13-14,19,21H,2,5-10,12H2,1H3,(H,20,22);1H. The smallest absolute Gasteiger partial charge is 0.241 e. The van der Waals surface area contributed by atoms with Crippen molar-refractivity contribution in [2.75, 3.05) is 32.8 Å². The number of hydrogen-bond donors (Lipinski definition) is 3. The minimum Gasteiger partial charge on any atom is -0.490 e. The number of rotatable bonds is 7. The van der Waals surface area contributed by atoms with Crippen LogP contribution in [0.25, 0.3) is 0 Å². The monoisotopic (exact) mass is 433 g/mol. The van der Waals surface area contributed by atoms with Gasteiger partial charge >= 0.3 is 0 Å². The van der Waals surface area contributed by atoms with Crippen molar-refractivity contribution >= 4 is 28.3 Å². The molecule has 1 saturated heterocycles. The van der Waals surface area contributed by atoms with Crippen molar-refractivity contribution in [3.05, 3.63) is 18.2 Å². The number of benzene rings is 1. The molecule has 10 heteroatoms. The molecule has 1 fully saturated rings. The summed E-state index contributed by atoms with van der Waals surface area (Å²) in [5, 5.41) is 6.09. The molecule has 2 aliphatic heterocycles. The molecule has 0 radical (unpaired) electrons. The summed E-state index contributed by atoms with van der Waals surface area (Å²) >= 11 is 0. The second-order valence-corrected chi connectivity index (χ2v) is 8.65. The summed E-state index contributed by atoms with van der Waals surface area (Å²) in [6.45, 7) is 5.07. The fourth-order valence-corrected chi connectivity index (χ4v) is 4.40. The van der Waals surface area contributed by atoms with Crippen LogP contribution >= 0.6 is 12.4 Å². The molecule has 3 rings (SSSR count). The summed E-state index contributed by atoms with van der Waals surface area (Å²) in [5.41, 5.74) is 0. The Balaban J connectivity index is 0.00000280. The number of carbonyl (C=O) groups is 1. The lowest BCUT2D eigenvalue weighted by Gasteiger charge is -2.16. The maximum Gasteiger partial charge on any atom is 0.241 e. The molecule has 2 aliphatic rings. The second kappa shape index (κ2) is 10.3. The summed E-state index contributed by atoms with van der Waals surface area (Å²) in [7, 11) is -3.85. The molecule has 2 heterocycles. The predicted octanol–water partition coefficient (Wildman–Crippen LogP) is 1.05. The molecule has 0 saturated carbocycles. The molecule has 0 spiro atoms. The minimum absolute atomic E-state index is 0. The van der Waals surface area contributed by atoms with Gasteiger partial charge in [0.05, 0.1) is 24.2 Å². The number of fused-ring (bicyclic) bond motifs is 1. The van der Waals surface area contributed by atoms with E-state index >= 15 is 0 Å². The highest BCUT2D eigenvalue weighted by Gasteiger charge is 2.24. The van der Waals surface area contributed by atoms with E-state index < -0.39 is 16.1 Å². The van der Waals surface area contributed by atoms with Gasteiger partial charge in [0, 0.05) is 19.0 Å². The van der Waals surface area contributed by atoms with Crippen LogP contribution in [0.1, 0.15) is 26.2 Å². The summed E-state index contributed by atoms with van der Waals surface area (Å²) in [6, 6.07) is 3.59. The maximum absolute atomic E-state index is 12.6. The van der Waals surface area contributed by atoms with E-state index in [1.807, 2.05) is 0 Å². The van der Waals surface area contributed by atoms with Crippen molar-refractivity contribution in [3.63, 3.8) is 0 Å². The van der Waals surface area contributed by atoms with Crippen LogP contribution in [0.2, 0.25) is 0 Å². The van der Waals surface area contributed by atoms with Gasteiger partial charge in [0.2, 0.25) is 15.9 Å². The molecule has 28 heavy (non-hydrogen) atoms. The van der Waals surface area contributed by atoms with Crippen LogP contribution < -0.4 is 24.8 Å². The molecule has 1 aromatic carbocycles. The fourth-order valence-electron chi connectivity index (χ4n) is 3.18. The average Bonchev–Trinajstić information content (AvgIpc) is 3.04. The van der Waals surface area contributed by atoms with Crippen LogP contribution in [-0.2, 0) is 14.8 Å². The van der Waals surface area contributed by atoms with E-state index in [-0.39, 0.29) is 23.2 Å². The zero-order chi connectivity index (χ0) is 19.3. The summed E-state index contributed by atoms with van der Waals surface area (Å²) in [4.78, 5) is 12.3. The third-order valence-electron chi connectivity index (χ3n) is 4.77. The highest BCUT2D eigenvalue weighted by Crippen LogP contribution is 2.31. The Hall–Kier alpha value is -1.55. The van der Waals surface area contributed by atoms with E-state index in [9.17, 15) is 13.2 Å². The van der Waals surface area contributed by atoms with Crippen molar-refractivity contribution in [1.29, 1.82) is 0 Å². The van der Waals surface area contributed by atoms with Crippen molar-refractivity contribution in [2.24, 2.45) is 5.92 Å². The summed E-state index contributed by atoms with van der Waals surface area (Å²) < 4.78 is 38.7. The number of amides is 1. The molecule has 158 valence electrons. The second-order valence-electron chi connectivity index (χ2n) is 6.94. The Bertz CT molecular complexity index is 768. The molecule has 0 bridgehead atoms. The predicted molar refractivity (Wildman–Crippen MR) is 108 cm³/mol. The first-order valence-corrected chi connectivity index (χ1v) is 10.8. The van der Waals surface area contributed by atoms with E-state index in [1.54, 1.807) is 6.07 Å². The Labute approximate surface area is 172 Å². The lowest BCUT2D eigenvalue weighted by atomic mass is 10.1. The zero-order valence-corrected chi connectivity index (χ0v) is 17.5. The number of hydrogen-bond acceptors (Lipinski definition) is 6. The normalized spacial score (nSPS) is 20.0. The van der Waals surface area contributed by atoms with E-state index in [0.717, 1.165) is 32.4 Å². The van der Waals surface area contributed by atoms with Crippen molar-refractivity contribution in [1.82, 2.24) is 15.4 Å². The van der Waals surface area contributed by atoms with E-state index in [0.29, 0.717) is 37.2 Å². The van der Waals surface area contributed by atoms with E-state index in [1.165, 1.54) is 19.1 Å². The molecule has 0 aliphatic carbocycles. The minimum atomic E-state index is -3.85. The van der Waals surface area contributed by atoms with Gasteiger partial charge in [-0.25, -0.2) is 8.42 Å². The van der Waals surface area contributed by atoms with Gasteiger partial charge in [0.1, 0.15) is 0 Å². The van der Waals surface area contributed by atoms with Crippen LogP contribution in [0.4, 0.5) is 0 Å². The quantitative estimate of drug-likeness (QED) is 0.593. The summed E-state index contributed by atoms with van der Waals surface area (Å²) in [5.74, 6) is 1.16. The molecular weight excluding hydrogens is 406 g/mol. The average molecular weight is 434 g/mol. The van der Waals surface area contributed by atoms with Crippen LogP contribution in [0.5, 0.6) is 11.5 Å². The summed E-state index contributed by atoms with van der Waals surface area (Å²) in [6.07, 6.45) is 2.74. The first-order chi connectivity index (χ1) is 13.0.